The lowest BCUT2D eigenvalue weighted by molar-refractivity contribution is -0.117. The molecule has 0 spiro atoms. The molecule has 3 nitrogen and oxygen atoms in total. The van der Waals surface area contributed by atoms with Gasteiger partial charge in [0.05, 0.1) is 0 Å². The van der Waals surface area contributed by atoms with Crippen molar-refractivity contribution < 1.29 is 4.79 Å². The highest BCUT2D eigenvalue weighted by Gasteiger charge is 2.29. The predicted octanol–water partition coefficient (Wildman–Crippen LogP) is 2.52. The molecule has 18 heavy (non-hydrogen) atoms. The Bertz CT molecular complexity index is 413. The summed E-state index contributed by atoms with van der Waals surface area (Å²) in [6.45, 7) is 5.20. The summed E-state index contributed by atoms with van der Waals surface area (Å²) in [4.78, 5) is 13.8. The van der Waals surface area contributed by atoms with Crippen LogP contribution >= 0.6 is 0 Å². The first-order valence-corrected chi connectivity index (χ1v) is 6.73. The normalized spacial score (nSPS) is 21.4. The lowest BCUT2D eigenvalue weighted by Crippen LogP contribution is -2.30. The van der Waals surface area contributed by atoms with Gasteiger partial charge in [-0.05, 0) is 37.1 Å². The highest BCUT2D eigenvalue weighted by atomic mass is 16.2. The molecule has 1 amide bonds. The molecule has 0 aromatic heterocycles. The molecule has 1 aliphatic rings. The zero-order valence-electron chi connectivity index (χ0n) is 11.4. The molecule has 2 rings (SSSR count). The molecule has 2 unspecified atom stereocenters. The van der Waals surface area contributed by atoms with Crippen LogP contribution in [-0.4, -0.2) is 25.5 Å². The minimum absolute atomic E-state index is 0.214. The minimum atomic E-state index is 0.214. The predicted molar refractivity (Wildman–Crippen MR) is 75.0 cm³/mol. The molecule has 1 aromatic rings. The van der Waals surface area contributed by atoms with Gasteiger partial charge in [-0.1, -0.05) is 26.0 Å². The summed E-state index contributed by atoms with van der Waals surface area (Å²) in [5, 5.41) is 3.17. The minimum Gasteiger partial charge on any atom is -0.315 e. The van der Waals surface area contributed by atoms with E-state index in [0.717, 1.165) is 18.7 Å². The third kappa shape index (κ3) is 2.56. The van der Waals surface area contributed by atoms with Crippen LogP contribution in [0.2, 0.25) is 0 Å². The van der Waals surface area contributed by atoms with Crippen LogP contribution in [0.15, 0.2) is 24.3 Å². The van der Waals surface area contributed by atoms with Crippen molar-refractivity contribution >= 4 is 11.6 Å². The average Bonchev–Trinajstić information content (AvgIpc) is 2.79. The zero-order valence-corrected chi connectivity index (χ0v) is 11.4. The van der Waals surface area contributed by atoms with Crippen molar-refractivity contribution in [2.75, 3.05) is 18.5 Å². The average molecular weight is 246 g/mol. The van der Waals surface area contributed by atoms with Crippen LogP contribution in [0.3, 0.4) is 0 Å². The Balaban J connectivity index is 2.12. The zero-order chi connectivity index (χ0) is 13.1. The second-order valence-electron chi connectivity index (χ2n) is 5.09. The van der Waals surface area contributed by atoms with Gasteiger partial charge in [0.25, 0.3) is 0 Å². The molecule has 1 aromatic carbocycles. The van der Waals surface area contributed by atoms with Gasteiger partial charge in [0.15, 0.2) is 0 Å². The third-order valence-electron chi connectivity index (χ3n) is 3.92. The van der Waals surface area contributed by atoms with Crippen LogP contribution in [0.25, 0.3) is 0 Å². The topological polar surface area (TPSA) is 32.3 Å². The maximum absolute atomic E-state index is 11.9. The number of carbonyl (C=O) groups is 1. The number of anilines is 1. The molecule has 1 N–H and O–H groups in total. The molecule has 0 aliphatic carbocycles. The maximum Gasteiger partial charge on any atom is 0.228 e. The van der Waals surface area contributed by atoms with Gasteiger partial charge in [0.2, 0.25) is 5.91 Å². The molecule has 2 atom stereocenters. The molecule has 0 radical (unpaired) electrons. The molecule has 3 heteroatoms. The monoisotopic (exact) mass is 246 g/mol. The first-order valence-electron chi connectivity index (χ1n) is 6.73. The summed E-state index contributed by atoms with van der Waals surface area (Å²) in [6, 6.07) is 8.70. The summed E-state index contributed by atoms with van der Waals surface area (Å²) < 4.78 is 0. The quantitative estimate of drug-likeness (QED) is 0.885. The second-order valence-corrected chi connectivity index (χ2v) is 5.09. The van der Waals surface area contributed by atoms with Crippen LogP contribution < -0.4 is 10.2 Å². The number of likely N-dealkylation sites (N-methyl/N-ethyl adjacent to an activating group) is 1. The van der Waals surface area contributed by atoms with E-state index in [9.17, 15) is 4.79 Å². The number of hydrogen-bond acceptors (Lipinski definition) is 2. The smallest absolute Gasteiger partial charge is 0.228 e. The Morgan fingerprint density at radius 2 is 2.06 bits per heavy atom. The summed E-state index contributed by atoms with van der Waals surface area (Å²) in [7, 11) is 1.91. The molecule has 1 fully saturated rings. The van der Waals surface area contributed by atoms with Crippen molar-refractivity contribution in [2.45, 2.75) is 38.6 Å². The number of carbonyl (C=O) groups excluding carboxylic acids is 1. The molecule has 0 saturated carbocycles. The van der Waals surface area contributed by atoms with Crippen LogP contribution in [0.1, 0.15) is 38.2 Å². The second kappa shape index (κ2) is 5.53. The fraction of sp³-hybridized carbons (Fsp3) is 0.533. The standard InChI is InChI=1S/C15H22N2O/c1-4-11(2)12-5-7-14(8-6-12)17-10-13(16-3)9-15(17)18/h5-8,11,13,16H,4,9-10H2,1-3H3. The molecule has 98 valence electrons. The van der Waals surface area contributed by atoms with Crippen molar-refractivity contribution in [3.63, 3.8) is 0 Å². The number of rotatable bonds is 4. The third-order valence-corrected chi connectivity index (χ3v) is 3.92. The van der Waals surface area contributed by atoms with Crippen LogP contribution in [0, 0.1) is 0 Å². The maximum atomic E-state index is 11.9. The lowest BCUT2D eigenvalue weighted by Gasteiger charge is -2.18. The van der Waals surface area contributed by atoms with E-state index < -0.39 is 0 Å². The molecule has 0 bridgehead atoms. The largest absolute Gasteiger partial charge is 0.315 e. The first-order chi connectivity index (χ1) is 8.65. The molecule has 1 heterocycles. The van der Waals surface area contributed by atoms with E-state index >= 15 is 0 Å². The fourth-order valence-electron chi connectivity index (χ4n) is 2.37. The van der Waals surface area contributed by atoms with Gasteiger partial charge in [0.1, 0.15) is 0 Å². The van der Waals surface area contributed by atoms with Crippen molar-refractivity contribution in [1.29, 1.82) is 0 Å². The SMILES string of the molecule is CCC(C)c1ccc(N2CC(NC)CC2=O)cc1. The van der Waals surface area contributed by atoms with E-state index in [1.807, 2.05) is 11.9 Å². The van der Waals surface area contributed by atoms with Gasteiger partial charge in [-0.3, -0.25) is 4.79 Å². The van der Waals surface area contributed by atoms with Crippen molar-refractivity contribution in [2.24, 2.45) is 0 Å². The van der Waals surface area contributed by atoms with Gasteiger partial charge in [-0.2, -0.15) is 0 Å². The molecule has 1 saturated heterocycles. The Morgan fingerprint density at radius 3 is 2.56 bits per heavy atom. The Labute approximate surface area is 109 Å². The highest BCUT2D eigenvalue weighted by Crippen LogP contribution is 2.25. The van der Waals surface area contributed by atoms with E-state index in [-0.39, 0.29) is 11.9 Å². The van der Waals surface area contributed by atoms with E-state index in [1.54, 1.807) is 0 Å². The first kappa shape index (κ1) is 13.1. The van der Waals surface area contributed by atoms with Gasteiger partial charge < -0.3 is 10.2 Å². The molecule has 1 aliphatic heterocycles. The van der Waals surface area contributed by atoms with E-state index in [4.69, 9.17) is 0 Å². The molecular formula is C15H22N2O. The number of hydrogen-bond donors (Lipinski definition) is 1. The Hall–Kier alpha value is -1.35. The van der Waals surface area contributed by atoms with Gasteiger partial charge >= 0.3 is 0 Å². The van der Waals surface area contributed by atoms with Gasteiger partial charge in [0, 0.05) is 24.7 Å². The van der Waals surface area contributed by atoms with Crippen LogP contribution in [0.5, 0.6) is 0 Å². The fourth-order valence-corrected chi connectivity index (χ4v) is 2.37. The summed E-state index contributed by atoms with van der Waals surface area (Å²) >= 11 is 0. The van der Waals surface area contributed by atoms with E-state index in [1.165, 1.54) is 5.56 Å². The van der Waals surface area contributed by atoms with Gasteiger partial charge in [-0.15, -0.1) is 0 Å². The summed E-state index contributed by atoms with van der Waals surface area (Å²) in [5.74, 6) is 0.795. The highest BCUT2D eigenvalue weighted by molar-refractivity contribution is 5.96. The van der Waals surface area contributed by atoms with E-state index in [2.05, 4.69) is 43.4 Å². The number of benzene rings is 1. The number of nitrogens with zero attached hydrogens (tertiary/aromatic N) is 1. The lowest BCUT2D eigenvalue weighted by atomic mass is 9.98. The van der Waals surface area contributed by atoms with Gasteiger partial charge in [-0.25, -0.2) is 0 Å². The number of amides is 1. The Morgan fingerprint density at radius 1 is 1.39 bits per heavy atom. The van der Waals surface area contributed by atoms with Crippen molar-refractivity contribution in [3.05, 3.63) is 29.8 Å². The van der Waals surface area contributed by atoms with Crippen LogP contribution in [-0.2, 0) is 4.79 Å². The van der Waals surface area contributed by atoms with Crippen molar-refractivity contribution in [3.8, 4) is 0 Å². The molecular weight excluding hydrogens is 224 g/mol. The van der Waals surface area contributed by atoms with E-state index in [0.29, 0.717) is 12.3 Å². The summed E-state index contributed by atoms with van der Waals surface area (Å²) in [6.07, 6.45) is 1.74. The summed E-state index contributed by atoms with van der Waals surface area (Å²) in [5.41, 5.74) is 2.36. The Kier molecular flexibility index (Phi) is 4.02. The van der Waals surface area contributed by atoms with Crippen molar-refractivity contribution in [1.82, 2.24) is 5.32 Å². The van der Waals surface area contributed by atoms with Crippen LogP contribution in [0.4, 0.5) is 5.69 Å². The number of nitrogens with one attached hydrogen (secondary N) is 1.